The van der Waals surface area contributed by atoms with Gasteiger partial charge in [-0.3, -0.25) is 10.1 Å². The van der Waals surface area contributed by atoms with Crippen molar-refractivity contribution in [2.45, 2.75) is 25.7 Å². The lowest BCUT2D eigenvalue weighted by Gasteiger charge is -2.10. The highest BCUT2D eigenvalue weighted by atomic mass is 32.1. The second-order valence-electron chi connectivity index (χ2n) is 7.12. The van der Waals surface area contributed by atoms with Gasteiger partial charge in [-0.25, -0.2) is 9.97 Å². The molecule has 2 heterocycles. The van der Waals surface area contributed by atoms with Gasteiger partial charge in [-0.2, -0.15) is 0 Å². The number of anilines is 2. The second kappa shape index (κ2) is 7.25. The molecule has 1 N–H and O–H groups in total. The molecule has 0 fully saturated rings. The molecule has 0 atom stereocenters. The van der Waals surface area contributed by atoms with Crippen molar-refractivity contribution in [3.8, 4) is 0 Å². The molecule has 7 heteroatoms. The van der Waals surface area contributed by atoms with Crippen molar-refractivity contribution in [3.63, 3.8) is 0 Å². The third kappa shape index (κ3) is 3.45. The van der Waals surface area contributed by atoms with Crippen molar-refractivity contribution in [3.05, 3.63) is 86.5 Å². The lowest BCUT2D eigenvalue weighted by atomic mass is 10.1. The van der Waals surface area contributed by atoms with Crippen LogP contribution in [0.2, 0.25) is 0 Å². The van der Waals surface area contributed by atoms with E-state index in [1.807, 2.05) is 24.3 Å². The van der Waals surface area contributed by atoms with Gasteiger partial charge in [-0.15, -0.1) is 11.3 Å². The Morgan fingerprint density at radius 1 is 1.07 bits per heavy atom. The van der Waals surface area contributed by atoms with Crippen LogP contribution in [0.4, 0.5) is 17.2 Å². The molecule has 5 rings (SSSR count). The summed E-state index contributed by atoms with van der Waals surface area (Å²) in [5, 5.41) is 15.5. The van der Waals surface area contributed by atoms with E-state index < -0.39 is 0 Å². The third-order valence-electron chi connectivity index (χ3n) is 5.14. The first-order valence-corrected chi connectivity index (χ1v) is 10.4. The number of rotatable bonds is 5. The SMILES string of the molecule is O=[N+]([O-])c1cccc(Nc2nc(Cc3ccccc3)nc3sc4c(c23)CCC4)c1. The molecule has 0 amide bonds. The molecule has 0 bridgehead atoms. The Kier molecular flexibility index (Phi) is 4.44. The predicted molar refractivity (Wildman–Crippen MR) is 115 cm³/mol. The van der Waals surface area contributed by atoms with Crippen molar-refractivity contribution >= 4 is 38.7 Å². The van der Waals surface area contributed by atoms with E-state index in [9.17, 15) is 10.1 Å². The fourth-order valence-corrected chi connectivity index (χ4v) is 5.10. The monoisotopic (exact) mass is 402 g/mol. The van der Waals surface area contributed by atoms with Crippen LogP contribution >= 0.6 is 11.3 Å². The zero-order valence-corrected chi connectivity index (χ0v) is 16.4. The summed E-state index contributed by atoms with van der Waals surface area (Å²) in [6, 6.07) is 16.7. The number of aryl methyl sites for hydroxylation is 2. The first kappa shape index (κ1) is 17.8. The predicted octanol–water partition coefficient (Wildman–Crippen LogP) is 5.42. The molecule has 0 radical (unpaired) electrons. The number of thiophene rings is 1. The summed E-state index contributed by atoms with van der Waals surface area (Å²) in [5.41, 5.74) is 3.18. The number of nitro groups is 1. The van der Waals surface area contributed by atoms with Gasteiger partial charge in [0.2, 0.25) is 0 Å². The molecule has 0 aliphatic heterocycles. The summed E-state index contributed by atoms with van der Waals surface area (Å²) in [6.45, 7) is 0. The summed E-state index contributed by atoms with van der Waals surface area (Å²) in [7, 11) is 0. The van der Waals surface area contributed by atoms with Gasteiger partial charge in [0.25, 0.3) is 5.69 Å². The average molecular weight is 402 g/mol. The number of fused-ring (bicyclic) bond motifs is 3. The standard InChI is InChI=1S/C22H18N4O2S/c27-26(28)16-9-4-8-15(13-16)23-21-20-17-10-5-11-18(17)29-22(20)25-19(24-21)12-14-6-2-1-3-7-14/h1-4,6-9,13H,5,10-12H2,(H,23,24,25). The van der Waals surface area contributed by atoms with Gasteiger partial charge in [0.1, 0.15) is 16.5 Å². The molecule has 2 aromatic heterocycles. The average Bonchev–Trinajstić information content (AvgIpc) is 3.30. The Hall–Kier alpha value is -3.32. The van der Waals surface area contributed by atoms with E-state index in [4.69, 9.17) is 9.97 Å². The minimum atomic E-state index is -0.385. The van der Waals surface area contributed by atoms with Gasteiger partial charge in [-0.05, 0) is 36.5 Å². The zero-order valence-electron chi connectivity index (χ0n) is 15.6. The minimum Gasteiger partial charge on any atom is -0.339 e. The summed E-state index contributed by atoms with van der Waals surface area (Å²) < 4.78 is 0. The highest BCUT2D eigenvalue weighted by molar-refractivity contribution is 7.19. The minimum absolute atomic E-state index is 0.0559. The van der Waals surface area contributed by atoms with E-state index in [1.54, 1.807) is 17.4 Å². The van der Waals surface area contributed by atoms with Crippen LogP contribution in [-0.2, 0) is 19.3 Å². The van der Waals surface area contributed by atoms with Crippen molar-refractivity contribution in [2.24, 2.45) is 0 Å². The molecule has 0 saturated carbocycles. The molecular formula is C22H18N4O2S. The quantitative estimate of drug-likeness (QED) is 0.356. The lowest BCUT2D eigenvalue weighted by molar-refractivity contribution is -0.384. The number of benzene rings is 2. The molecule has 0 saturated heterocycles. The topological polar surface area (TPSA) is 81.0 Å². The second-order valence-corrected chi connectivity index (χ2v) is 8.20. The van der Waals surface area contributed by atoms with Crippen LogP contribution in [0.5, 0.6) is 0 Å². The highest BCUT2D eigenvalue weighted by Crippen LogP contribution is 2.40. The molecular weight excluding hydrogens is 384 g/mol. The summed E-state index contributed by atoms with van der Waals surface area (Å²) >= 11 is 1.74. The number of non-ortho nitro benzene ring substituents is 1. The van der Waals surface area contributed by atoms with Crippen molar-refractivity contribution in [2.75, 3.05) is 5.32 Å². The first-order valence-electron chi connectivity index (χ1n) is 9.54. The summed E-state index contributed by atoms with van der Waals surface area (Å²) in [4.78, 5) is 22.8. The van der Waals surface area contributed by atoms with E-state index in [1.165, 1.54) is 22.6 Å². The molecule has 1 aliphatic carbocycles. The summed E-state index contributed by atoms with van der Waals surface area (Å²) in [5.74, 6) is 1.48. The number of aromatic nitrogens is 2. The maximum atomic E-state index is 11.1. The largest absolute Gasteiger partial charge is 0.339 e. The highest BCUT2D eigenvalue weighted by Gasteiger charge is 2.22. The van der Waals surface area contributed by atoms with Gasteiger partial charge < -0.3 is 5.32 Å². The van der Waals surface area contributed by atoms with Crippen LogP contribution in [0.15, 0.2) is 54.6 Å². The van der Waals surface area contributed by atoms with Crippen molar-refractivity contribution in [1.82, 2.24) is 9.97 Å². The Bertz CT molecular complexity index is 1220. The fraction of sp³-hybridized carbons (Fsp3) is 0.182. The molecule has 1 aliphatic rings. The fourth-order valence-electron chi connectivity index (χ4n) is 3.82. The molecule has 0 unspecified atom stereocenters. The first-order chi connectivity index (χ1) is 14.2. The van der Waals surface area contributed by atoms with E-state index in [0.29, 0.717) is 12.1 Å². The van der Waals surface area contributed by atoms with E-state index >= 15 is 0 Å². The molecule has 6 nitrogen and oxygen atoms in total. The third-order valence-corrected chi connectivity index (χ3v) is 6.32. The van der Waals surface area contributed by atoms with E-state index in [-0.39, 0.29) is 10.6 Å². The van der Waals surface area contributed by atoms with E-state index in [0.717, 1.165) is 46.7 Å². The summed E-state index contributed by atoms with van der Waals surface area (Å²) in [6.07, 6.45) is 3.91. The number of hydrogen-bond donors (Lipinski definition) is 1. The van der Waals surface area contributed by atoms with Gasteiger partial charge in [0.05, 0.1) is 10.3 Å². The van der Waals surface area contributed by atoms with Crippen molar-refractivity contribution in [1.29, 1.82) is 0 Å². The van der Waals surface area contributed by atoms with Crippen LogP contribution in [0.25, 0.3) is 10.2 Å². The van der Waals surface area contributed by atoms with Crippen LogP contribution in [0.3, 0.4) is 0 Å². The Labute approximate surface area is 171 Å². The van der Waals surface area contributed by atoms with Crippen LogP contribution < -0.4 is 5.32 Å². The van der Waals surface area contributed by atoms with E-state index in [2.05, 4.69) is 17.4 Å². The van der Waals surface area contributed by atoms with Gasteiger partial charge in [0.15, 0.2) is 0 Å². The molecule has 4 aromatic rings. The maximum absolute atomic E-state index is 11.1. The van der Waals surface area contributed by atoms with Crippen LogP contribution in [-0.4, -0.2) is 14.9 Å². The Morgan fingerprint density at radius 2 is 1.93 bits per heavy atom. The van der Waals surface area contributed by atoms with Gasteiger partial charge in [-0.1, -0.05) is 36.4 Å². The van der Waals surface area contributed by atoms with Crippen LogP contribution in [0, 0.1) is 10.1 Å². The molecule has 144 valence electrons. The van der Waals surface area contributed by atoms with Gasteiger partial charge in [0, 0.05) is 29.1 Å². The normalized spacial score (nSPS) is 12.8. The van der Waals surface area contributed by atoms with Gasteiger partial charge >= 0.3 is 0 Å². The Balaban J connectivity index is 1.60. The number of nitrogens with zero attached hydrogens (tertiary/aromatic N) is 3. The molecule has 29 heavy (non-hydrogen) atoms. The van der Waals surface area contributed by atoms with Crippen molar-refractivity contribution < 1.29 is 4.92 Å². The maximum Gasteiger partial charge on any atom is 0.271 e. The zero-order chi connectivity index (χ0) is 19.8. The number of nitro benzene ring substituents is 1. The number of nitrogens with one attached hydrogen (secondary N) is 1. The molecule has 2 aromatic carbocycles. The molecule has 0 spiro atoms. The smallest absolute Gasteiger partial charge is 0.271 e. The Morgan fingerprint density at radius 3 is 2.76 bits per heavy atom. The lowest BCUT2D eigenvalue weighted by Crippen LogP contribution is -2.03. The number of hydrogen-bond acceptors (Lipinski definition) is 6. The van der Waals surface area contributed by atoms with Crippen LogP contribution in [0.1, 0.15) is 28.2 Å².